The van der Waals surface area contributed by atoms with Gasteiger partial charge in [-0.05, 0) is 22.0 Å². The molecule has 9 heteroatoms. The van der Waals surface area contributed by atoms with Gasteiger partial charge in [0.1, 0.15) is 12.2 Å². The number of amides is 1. The lowest BCUT2D eigenvalue weighted by Crippen LogP contribution is -2.30. The summed E-state index contributed by atoms with van der Waals surface area (Å²) in [6.45, 7) is -0.00845. The van der Waals surface area contributed by atoms with Gasteiger partial charge in [0.25, 0.3) is 5.91 Å². The summed E-state index contributed by atoms with van der Waals surface area (Å²) in [4.78, 5) is 24.6. The van der Waals surface area contributed by atoms with Gasteiger partial charge < -0.3 is 10.0 Å². The Balaban J connectivity index is 2.16. The quantitative estimate of drug-likeness (QED) is 0.853. The second kappa shape index (κ2) is 6.08. The zero-order valence-electron chi connectivity index (χ0n) is 11.5. The van der Waals surface area contributed by atoms with Crippen molar-refractivity contribution in [3.8, 4) is 0 Å². The van der Waals surface area contributed by atoms with E-state index >= 15 is 0 Å². The minimum absolute atomic E-state index is 0.234. The number of aromatic nitrogens is 4. The van der Waals surface area contributed by atoms with Crippen LogP contribution >= 0.6 is 15.9 Å². The maximum absolute atomic E-state index is 12.4. The van der Waals surface area contributed by atoms with E-state index in [-0.39, 0.29) is 18.1 Å². The SMILES string of the molecule is CN(Cc1c(Br)cnn1C)C(=O)c1ccnn1CC(=O)O. The standard InChI is InChI=1S/C12H14BrN5O3/c1-16(6-10-8(13)5-15-17(10)2)12(21)9-3-4-14-18(9)7-11(19)20/h3-5H,6-7H2,1-2H3,(H,19,20). The molecular weight excluding hydrogens is 342 g/mol. The third kappa shape index (κ3) is 3.30. The number of rotatable bonds is 5. The minimum atomic E-state index is -1.05. The molecule has 8 nitrogen and oxygen atoms in total. The highest BCUT2D eigenvalue weighted by Crippen LogP contribution is 2.17. The first-order valence-corrected chi connectivity index (χ1v) is 6.85. The number of hydrogen-bond acceptors (Lipinski definition) is 4. The third-order valence-electron chi connectivity index (χ3n) is 2.96. The second-order valence-electron chi connectivity index (χ2n) is 4.49. The first kappa shape index (κ1) is 15.2. The zero-order chi connectivity index (χ0) is 15.6. The van der Waals surface area contributed by atoms with Crippen LogP contribution in [-0.2, 0) is 24.9 Å². The van der Waals surface area contributed by atoms with Crippen LogP contribution in [0.25, 0.3) is 0 Å². The first-order chi connectivity index (χ1) is 9.90. The second-order valence-corrected chi connectivity index (χ2v) is 5.35. The number of nitrogens with zero attached hydrogens (tertiary/aromatic N) is 5. The number of carbonyl (C=O) groups excluding carboxylic acids is 1. The molecule has 0 aromatic carbocycles. The molecule has 0 spiro atoms. The van der Waals surface area contributed by atoms with Gasteiger partial charge in [0.15, 0.2) is 0 Å². The summed E-state index contributed by atoms with van der Waals surface area (Å²) in [6, 6.07) is 1.50. The number of aliphatic carboxylic acids is 1. The molecule has 0 aliphatic rings. The van der Waals surface area contributed by atoms with Gasteiger partial charge in [-0.25, -0.2) is 4.68 Å². The van der Waals surface area contributed by atoms with Gasteiger partial charge in [0, 0.05) is 20.3 Å². The average molecular weight is 356 g/mol. The molecule has 21 heavy (non-hydrogen) atoms. The minimum Gasteiger partial charge on any atom is -0.480 e. The number of carbonyl (C=O) groups is 2. The predicted octanol–water partition coefficient (Wildman–Crippen LogP) is 0.736. The van der Waals surface area contributed by atoms with Crippen molar-refractivity contribution in [3.63, 3.8) is 0 Å². The van der Waals surface area contributed by atoms with Crippen LogP contribution in [0.15, 0.2) is 22.9 Å². The Kier molecular flexibility index (Phi) is 4.41. The number of aryl methyl sites for hydroxylation is 1. The van der Waals surface area contributed by atoms with Crippen LogP contribution in [0.1, 0.15) is 16.2 Å². The molecule has 1 amide bonds. The van der Waals surface area contributed by atoms with E-state index in [4.69, 9.17) is 5.11 Å². The molecule has 2 rings (SSSR count). The molecule has 0 aliphatic carbocycles. The van der Waals surface area contributed by atoms with Crippen LogP contribution in [-0.4, -0.2) is 48.5 Å². The van der Waals surface area contributed by atoms with Gasteiger partial charge in [-0.1, -0.05) is 0 Å². The monoisotopic (exact) mass is 355 g/mol. The van der Waals surface area contributed by atoms with Gasteiger partial charge in [0.2, 0.25) is 0 Å². The van der Waals surface area contributed by atoms with E-state index in [9.17, 15) is 9.59 Å². The number of halogens is 1. The van der Waals surface area contributed by atoms with E-state index in [0.717, 1.165) is 10.2 Å². The summed E-state index contributed by atoms with van der Waals surface area (Å²) in [5.74, 6) is -1.35. The van der Waals surface area contributed by atoms with Crippen LogP contribution in [0.2, 0.25) is 0 Å². The molecular formula is C12H14BrN5O3. The van der Waals surface area contributed by atoms with Crippen molar-refractivity contribution in [2.75, 3.05) is 7.05 Å². The molecule has 0 aliphatic heterocycles. The summed E-state index contributed by atoms with van der Waals surface area (Å²) in [5.41, 5.74) is 1.08. The van der Waals surface area contributed by atoms with Crippen molar-refractivity contribution in [2.24, 2.45) is 7.05 Å². The van der Waals surface area contributed by atoms with Crippen molar-refractivity contribution >= 4 is 27.8 Å². The van der Waals surface area contributed by atoms with Crippen LogP contribution < -0.4 is 0 Å². The molecule has 2 aromatic heterocycles. The van der Waals surface area contributed by atoms with E-state index < -0.39 is 5.97 Å². The normalized spacial score (nSPS) is 10.6. The molecule has 2 heterocycles. The molecule has 0 fully saturated rings. The van der Waals surface area contributed by atoms with E-state index in [1.807, 2.05) is 0 Å². The number of carboxylic acids is 1. The van der Waals surface area contributed by atoms with Gasteiger partial charge >= 0.3 is 5.97 Å². The van der Waals surface area contributed by atoms with Gasteiger partial charge in [0.05, 0.1) is 22.9 Å². The van der Waals surface area contributed by atoms with E-state index in [1.165, 1.54) is 21.8 Å². The molecule has 0 unspecified atom stereocenters. The molecule has 112 valence electrons. The maximum atomic E-state index is 12.4. The molecule has 1 N–H and O–H groups in total. The topological polar surface area (TPSA) is 93.3 Å². The lowest BCUT2D eigenvalue weighted by Gasteiger charge is -2.18. The molecule has 0 bridgehead atoms. The lowest BCUT2D eigenvalue weighted by atomic mass is 10.3. The van der Waals surface area contributed by atoms with Gasteiger partial charge in [-0.15, -0.1) is 0 Å². The Morgan fingerprint density at radius 3 is 2.71 bits per heavy atom. The fourth-order valence-corrected chi connectivity index (χ4v) is 2.35. The number of carboxylic acid groups (broad SMARTS) is 1. The molecule has 0 radical (unpaired) electrons. The summed E-state index contributed by atoms with van der Waals surface area (Å²) >= 11 is 3.37. The van der Waals surface area contributed by atoms with Crippen LogP contribution in [0.5, 0.6) is 0 Å². The van der Waals surface area contributed by atoms with E-state index in [0.29, 0.717) is 6.54 Å². The summed E-state index contributed by atoms with van der Waals surface area (Å²) in [6.07, 6.45) is 3.06. The van der Waals surface area contributed by atoms with Crippen molar-refractivity contribution in [1.29, 1.82) is 0 Å². The Morgan fingerprint density at radius 2 is 2.14 bits per heavy atom. The highest BCUT2D eigenvalue weighted by atomic mass is 79.9. The van der Waals surface area contributed by atoms with E-state index in [1.54, 1.807) is 25.0 Å². The van der Waals surface area contributed by atoms with E-state index in [2.05, 4.69) is 26.1 Å². The summed E-state index contributed by atoms with van der Waals surface area (Å²) in [7, 11) is 3.42. The Morgan fingerprint density at radius 1 is 1.43 bits per heavy atom. The molecule has 0 saturated carbocycles. The average Bonchev–Trinajstić information content (AvgIpc) is 2.98. The smallest absolute Gasteiger partial charge is 0.325 e. The Bertz CT molecular complexity index is 659. The number of hydrogen-bond donors (Lipinski definition) is 1. The van der Waals surface area contributed by atoms with Crippen molar-refractivity contribution in [3.05, 3.63) is 34.3 Å². The molecule has 2 aromatic rings. The third-order valence-corrected chi connectivity index (χ3v) is 3.63. The largest absolute Gasteiger partial charge is 0.480 e. The van der Waals surface area contributed by atoms with Gasteiger partial charge in [-0.3, -0.25) is 14.3 Å². The summed E-state index contributed by atoms with van der Waals surface area (Å²) < 4.78 is 3.64. The van der Waals surface area contributed by atoms with Crippen molar-refractivity contribution in [1.82, 2.24) is 24.5 Å². The fraction of sp³-hybridized carbons (Fsp3) is 0.333. The Hall–Kier alpha value is -2.16. The van der Waals surface area contributed by atoms with Crippen molar-refractivity contribution in [2.45, 2.75) is 13.1 Å². The maximum Gasteiger partial charge on any atom is 0.325 e. The first-order valence-electron chi connectivity index (χ1n) is 6.05. The highest BCUT2D eigenvalue weighted by Gasteiger charge is 2.20. The molecule has 0 saturated heterocycles. The van der Waals surface area contributed by atoms with Crippen molar-refractivity contribution < 1.29 is 14.7 Å². The Labute approximate surface area is 129 Å². The van der Waals surface area contributed by atoms with Gasteiger partial charge in [-0.2, -0.15) is 10.2 Å². The fourth-order valence-electron chi connectivity index (χ4n) is 1.87. The molecule has 0 atom stereocenters. The lowest BCUT2D eigenvalue weighted by molar-refractivity contribution is -0.137. The van der Waals surface area contributed by atoms with Crippen LogP contribution in [0.4, 0.5) is 0 Å². The summed E-state index contributed by atoms with van der Waals surface area (Å²) in [5, 5.41) is 16.7. The highest BCUT2D eigenvalue weighted by molar-refractivity contribution is 9.10. The van der Waals surface area contributed by atoms with Crippen LogP contribution in [0, 0.1) is 0 Å². The zero-order valence-corrected chi connectivity index (χ0v) is 13.1. The predicted molar refractivity (Wildman–Crippen MR) is 76.6 cm³/mol. The van der Waals surface area contributed by atoms with Crippen LogP contribution in [0.3, 0.4) is 0 Å².